The highest BCUT2D eigenvalue weighted by Crippen LogP contribution is 2.36. The van der Waals surface area contributed by atoms with Crippen molar-refractivity contribution in [1.82, 2.24) is 33.6 Å². The molecule has 0 aliphatic carbocycles. The molecule has 26 heteroatoms. The minimum atomic E-state index is -0.654. The Bertz CT molecular complexity index is 3300. The van der Waals surface area contributed by atoms with Crippen molar-refractivity contribution in [2.24, 2.45) is 0 Å². The number of ether oxygens (including phenoxy) is 5. The fourth-order valence-electron chi connectivity index (χ4n) is 7.41. The van der Waals surface area contributed by atoms with Gasteiger partial charge >= 0.3 is 11.9 Å². The number of hydrogen-bond donors (Lipinski definition) is 4. The van der Waals surface area contributed by atoms with Gasteiger partial charge in [0.15, 0.2) is 34.7 Å². The van der Waals surface area contributed by atoms with Crippen molar-refractivity contribution >= 4 is 102 Å². The number of methoxy groups -OCH3 is 2. The largest absolute Gasteiger partial charge is 0.482 e. The molecule has 3 aromatic carbocycles. The van der Waals surface area contributed by atoms with Crippen LogP contribution in [0.2, 0.25) is 0 Å². The van der Waals surface area contributed by atoms with Gasteiger partial charge < -0.3 is 34.1 Å². The van der Waals surface area contributed by atoms with E-state index >= 15 is 0 Å². The van der Waals surface area contributed by atoms with Crippen molar-refractivity contribution in [2.75, 3.05) is 49.2 Å². The molecule has 4 amide bonds. The third-order valence-corrected chi connectivity index (χ3v) is 13.2. The van der Waals surface area contributed by atoms with Gasteiger partial charge in [-0.05, 0) is 54.6 Å². The lowest BCUT2D eigenvalue weighted by Gasteiger charge is -2.29. The second-order valence-corrected chi connectivity index (χ2v) is 18.1. The summed E-state index contributed by atoms with van der Waals surface area (Å²) in [7, 11) is 2.62. The lowest BCUT2D eigenvalue weighted by Crippen LogP contribution is -2.38. The number of nitrogens with one attached hydrogen (secondary N) is 2. The Hall–Kier alpha value is -8.69. The van der Waals surface area contributed by atoms with Gasteiger partial charge in [-0.15, -0.1) is 34.0 Å². The molecule has 4 N–H and O–H groups in total. The summed E-state index contributed by atoms with van der Waals surface area (Å²) in [6, 6.07) is 14.3. The van der Waals surface area contributed by atoms with E-state index in [1.54, 1.807) is 58.1 Å². The van der Waals surface area contributed by atoms with Crippen molar-refractivity contribution in [3.63, 3.8) is 0 Å². The summed E-state index contributed by atoms with van der Waals surface area (Å²) in [4.78, 5) is 89.0. The van der Waals surface area contributed by atoms with Gasteiger partial charge in [-0.25, -0.2) is 30.0 Å². The molecule has 3 aliphatic rings. The SMILES string of the molecule is COC(=O)c1ccc2c(c1)N(Cc1cn3ccsc3n1)C(=O)CO2.COC(=O)c1ccc2c(c1)NC(=O)CO2.O=C(NO)c1ccc2c(c1)N(Cc1cn3ccsc3n1)C(=O)CO2.OCc1cn2ccsc2n1. The van der Waals surface area contributed by atoms with Gasteiger partial charge in [0.05, 0.1) is 79.2 Å². The Morgan fingerprint density at radius 2 is 1.07 bits per heavy atom. The number of carbonyl (C=O) groups is 6. The number of aromatic nitrogens is 6. The third kappa shape index (κ3) is 11.0. The number of benzene rings is 3. The molecule has 0 unspecified atom stereocenters. The normalized spacial score (nSPS) is 13.3. The van der Waals surface area contributed by atoms with E-state index in [1.807, 2.05) is 66.5 Å². The average Bonchev–Trinajstić information content (AvgIpc) is 4.29. The lowest BCUT2D eigenvalue weighted by atomic mass is 10.1. The number of fused-ring (bicyclic) bond motifs is 6. The maximum atomic E-state index is 12.3. The van der Waals surface area contributed by atoms with Crippen molar-refractivity contribution in [3.8, 4) is 17.2 Å². The highest BCUT2D eigenvalue weighted by molar-refractivity contribution is 7.15. The first kappa shape index (κ1) is 49.3. The van der Waals surface area contributed by atoms with Crippen molar-refractivity contribution < 1.29 is 62.8 Å². The zero-order valence-corrected chi connectivity index (χ0v) is 40.8. The molecule has 23 nitrogen and oxygen atoms in total. The van der Waals surface area contributed by atoms with Crippen LogP contribution in [-0.2, 0) is 43.6 Å². The van der Waals surface area contributed by atoms with Gasteiger partial charge in [-0.2, -0.15) is 0 Å². The van der Waals surface area contributed by atoms with Crippen LogP contribution in [-0.4, -0.2) is 108 Å². The summed E-state index contributed by atoms with van der Waals surface area (Å²) in [5.41, 5.74) is 6.30. The maximum absolute atomic E-state index is 12.3. The van der Waals surface area contributed by atoms with Crippen LogP contribution in [0.25, 0.3) is 14.9 Å². The summed E-state index contributed by atoms with van der Waals surface area (Å²) in [6.07, 6.45) is 11.3. The third-order valence-electron chi connectivity index (χ3n) is 10.9. The van der Waals surface area contributed by atoms with E-state index in [9.17, 15) is 28.8 Å². The first-order valence-electron chi connectivity index (χ1n) is 21.6. The van der Waals surface area contributed by atoms with Gasteiger partial charge in [0, 0.05) is 58.9 Å². The molecule has 9 heterocycles. The highest BCUT2D eigenvalue weighted by atomic mass is 32.1. The van der Waals surface area contributed by atoms with E-state index in [2.05, 4.69) is 25.0 Å². The van der Waals surface area contributed by atoms with E-state index < -0.39 is 17.8 Å². The van der Waals surface area contributed by atoms with Gasteiger partial charge in [0.2, 0.25) is 0 Å². The molecular formula is C47H40N10O13S3. The molecule has 0 spiro atoms. The molecule has 9 aromatic rings. The zero-order valence-electron chi connectivity index (χ0n) is 38.3. The van der Waals surface area contributed by atoms with Crippen LogP contribution in [0.4, 0.5) is 17.1 Å². The number of carbonyl (C=O) groups excluding carboxylic acids is 6. The van der Waals surface area contributed by atoms with Gasteiger partial charge in [0.25, 0.3) is 23.6 Å². The Morgan fingerprint density at radius 3 is 1.55 bits per heavy atom. The first-order chi connectivity index (χ1) is 35.4. The number of hydroxylamine groups is 1. The van der Waals surface area contributed by atoms with E-state index in [0.29, 0.717) is 52.0 Å². The molecule has 0 radical (unpaired) electrons. The van der Waals surface area contributed by atoms with Gasteiger partial charge in [0.1, 0.15) is 17.2 Å². The van der Waals surface area contributed by atoms with Crippen LogP contribution in [0.15, 0.2) is 108 Å². The maximum Gasteiger partial charge on any atom is 0.337 e. The van der Waals surface area contributed by atoms with Crippen LogP contribution in [0.5, 0.6) is 17.2 Å². The summed E-state index contributed by atoms with van der Waals surface area (Å²) in [5, 5.41) is 25.9. The molecular weight excluding hydrogens is 1010 g/mol. The van der Waals surface area contributed by atoms with Crippen LogP contribution in [0.1, 0.15) is 48.2 Å². The van der Waals surface area contributed by atoms with E-state index in [1.165, 1.54) is 60.0 Å². The number of aliphatic hydroxyl groups is 1. The molecule has 0 bridgehead atoms. The van der Waals surface area contributed by atoms with Gasteiger partial charge in [-0.3, -0.25) is 47.4 Å². The van der Waals surface area contributed by atoms with Crippen molar-refractivity contribution in [3.05, 3.63) is 142 Å². The average molecular weight is 1050 g/mol. The predicted octanol–water partition coefficient (Wildman–Crippen LogP) is 5.24. The molecule has 3 aliphatic heterocycles. The first-order valence-corrected chi connectivity index (χ1v) is 24.2. The highest BCUT2D eigenvalue weighted by Gasteiger charge is 2.29. The molecule has 73 heavy (non-hydrogen) atoms. The second-order valence-electron chi connectivity index (χ2n) is 15.5. The Kier molecular flexibility index (Phi) is 14.7. The lowest BCUT2D eigenvalue weighted by molar-refractivity contribution is -0.122. The number of hydrogen-bond acceptors (Lipinski definition) is 19. The zero-order chi connectivity index (χ0) is 51.2. The number of esters is 2. The van der Waals surface area contributed by atoms with E-state index in [0.717, 1.165) is 32.0 Å². The fraction of sp³-hybridized carbons (Fsp3) is 0.170. The minimum absolute atomic E-state index is 0.00453. The molecule has 0 atom stereocenters. The number of rotatable bonds is 8. The summed E-state index contributed by atoms with van der Waals surface area (Å²) >= 11 is 4.60. The topological polar surface area (TPSA) is 271 Å². The number of thiazole rings is 3. The summed E-state index contributed by atoms with van der Waals surface area (Å²) < 4.78 is 31.0. The molecule has 12 rings (SSSR count). The number of nitrogens with zero attached hydrogens (tertiary/aromatic N) is 8. The van der Waals surface area contributed by atoms with E-state index in [4.69, 9.17) is 29.3 Å². The van der Waals surface area contributed by atoms with Gasteiger partial charge in [-0.1, -0.05) is 0 Å². The fourth-order valence-corrected chi connectivity index (χ4v) is 9.57. The number of aliphatic hydroxyl groups excluding tert-OH is 1. The molecule has 0 saturated heterocycles. The van der Waals surface area contributed by atoms with E-state index in [-0.39, 0.29) is 56.3 Å². The Labute approximate surface area is 423 Å². The number of imidazole rings is 3. The quantitative estimate of drug-likeness (QED) is 0.0861. The Morgan fingerprint density at radius 1 is 0.630 bits per heavy atom. The van der Waals surface area contributed by atoms with Crippen LogP contribution >= 0.6 is 34.0 Å². The van der Waals surface area contributed by atoms with Crippen LogP contribution in [0, 0.1) is 0 Å². The second kappa shape index (κ2) is 21.7. The Balaban J connectivity index is 0.000000126. The standard InChI is InChI=1S/C16H13N3O4S.C15H12N4O4S.C10H9NO4.C6H6N2OS/c1-22-15(21)10-2-3-13-12(6-10)19(14(20)9-23-13)8-11-7-18-4-5-24-16(18)17-11;20-13-8-23-12-2-1-9(14(21)17-22)5-11(12)19(13)7-10-6-18-3-4-24-15(18)16-10;1-14-10(13)6-2-3-8-7(4-6)11-9(12)5-15-8;9-4-5-3-8-1-2-10-6(8)7-5/h2-7H,8-9H2,1H3;1-6,22H,7-8H2,(H,17,21);2-4H,5H2,1H3,(H,11,12);1-3,9H,4H2. The van der Waals surface area contributed by atoms with Crippen LogP contribution < -0.4 is 34.8 Å². The summed E-state index contributed by atoms with van der Waals surface area (Å²) in [5.74, 6) is -0.574. The molecule has 0 saturated carbocycles. The monoisotopic (exact) mass is 1050 g/mol. The van der Waals surface area contributed by atoms with Crippen molar-refractivity contribution in [1.29, 1.82) is 0 Å². The minimum Gasteiger partial charge on any atom is -0.482 e. The molecule has 6 aromatic heterocycles. The smallest absolute Gasteiger partial charge is 0.337 e. The van der Waals surface area contributed by atoms with Crippen LogP contribution in [0.3, 0.4) is 0 Å². The van der Waals surface area contributed by atoms with Crippen molar-refractivity contribution in [2.45, 2.75) is 19.7 Å². The summed E-state index contributed by atoms with van der Waals surface area (Å²) in [6.45, 7) is 0.508. The molecule has 0 fully saturated rings. The number of amides is 4. The number of anilines is 3. The molecule has 374 valence electrons. The predicted molar refractivity (Wildman–Crippen MR) is 264 cm³/mol.